The first-order valence-electron chi connectivity index (χ1n) is 7.68. The Bertz CT molecular complexity index is 773. The van der Waals surface area contributed by atoms with Crippen LogP contribution >= 0.6 is 11.3 Å². The van der Waals surface area contributed by atoms with Crippen LogP contribution in [0.5, 0.6) is 0 Å². The maximum absolute atomic E-state index is 13.5. The molecule has 0 N–H and O–H groups in total. The Morgan fingerprint density at radius 3 is 2.72 bits per heavy atom. The minimum atomic E-state index is -4.53. The number of hydrogen-bond donors (Lipinski definition) is 0. The molecule has 0 bridgehead atoms. The number of nitrogens with zero attached hydrogens (tertiary/aromatic N) is 2. The Kier molecular flexibility index (Phi) is 5.21. The van der Waals surface area contributed by atoms with E-state index in [2.05, 4.69) is 9.98 Å². The summed E-state index contributed by atoms with van der Waals surface area (Å²) in [4.78, 5) is 8.64. The number of ether oxygens (including phenoxy) is 2. The van der Waals surface area contributed by atoms with E-state index in [9.17, 15) is 13.2 Å². The van der Waals surface area contributed by atoms with Gasteiger partial charge < -0.3 is 9.47 Å². The third-order valence-corrected chi connectivity index (χ3v) is 4.63. The highest BCUT2D eigenvalue weighted by atomic mass is 32.1. The molecule has 1 aliphatic heterocycles. The molecule has 2 aromatic rings. The van der Waals surface area contributed by atoms with Crippen molar-refractivity contribution in [2.24, 2.45) is 4.99 Å². The molecule has 1 aliphatic rings. The van der Waals surface area contributed by atoms with E-state index in [-0.39, 0.29) is 18.8 Å². The molecular weight excluding hydrogens is 353 g/mol. The van der Waals surface area contributed by atoms with Gasteiger partial charge in [0.25, 0.3) is 0 Å². The zero-order valence-corrected chi connectivity index (χ0v) is 14.6. The number of hydrogen-bond acceptors (Lipinski definition) is 5. The molecule has 134 valence electrons. The van der Waals surface area contributed by atoms with E-state index in [0.717, 1.165) is 11.3 Å². The summed E-state index contributed by atoms with van der Waals surface area (Å²) in [6.07, 6.45) is -4.30. The van der Waals surface area contributed by atoms with Crippen LogP contribution in [0, 0.1) is 0 Å². The summed E-state index contributed by atoms with van der Waals surface area (Å²) in [5.41, 5.74) is 3.06. The number of thiazole rings is 1. The Morgan fingerprint density at radius 2 is 2.08 bits per heavy atom. The average Bonchev–Trinajstić information content (AvgIpc) is 3.17. The second-order valence-electron chi connectivity index (χ2n) is 5.71. The van der Waals surface area contributed by atoms with Crippen LogP contribution in [0.2, 0.25) is 0 Å². The normalized spacial score (nSPS) is 15.2. The Morgan fingerprint density at radius 1 is 1.28 bits per heavy atom. The second kappa shape index (κ2) is 7.23. The quantitative estimate of drug-likeness (QED) is 0.691. The maximum atomic E-state index is 13.5. The highest BCUT2D eigenvalue weighted by Crippen LogP contribution is 2.43. The Labute approximate surface area is 147 Å². The highest BCUT2D eigenvalue weighted by molar-refractivity contribution is 7.13. The summed E-state index contributed by atoms with van der Waals surface area (Å²) >= 11 is 1.39. The molecule has 0 radical (unpaired) electrons. The molecule has 0 saturated heterocycles. The van der Waals surface area contributed by atoms with Crippen LogP contribution in [0.4, 0.5) is 18.9 Å². The SMILES string of the molecule is COCCOC(c1cc2c(c(-c3nccs3)c1)CC(C)=N2)C(F)(F)F. The van der Waals surface area contributed by atoms with E-state index in [1.165, 1.54) is 30.6 Å². The van der Waals surface area contributed by atoms with Crippen molar-refractivity contribution in [1.82, 2.24) is 4.98 Å². The van der Waals surface area contributed by atoms with Gasteiger partial charge in [0.1, 0.15) is 5.01 Å². The van der Waals surface area contributed by atoms with Gasteiger partial charge in [0.2, 0.25) is 0 Å². The molecular formula is C17H17F3N2O2S. The lowest BCUT2D eigenvalue weighted by molar-refractivity contribution is -0.226. The maximum Gasteiger partial charge on any atom is 0.418 e. The predicted octanol–water partition coefficient (Wildman–Crippen LogP) is 4.73. The van der Waals surface area contributed by atoms with Crippen molar-refractivity contribution in [3.8, 4) is 10.6 Å². The number of fused-ring (bicyclic) bond motifs is 1. The van der Waals surface area contributed by atoms with Crippen LogP contribution in [-0.2, 0) is 15.9 Å². The molecule has 2 heterocycles. The van der Waals surface area contributed by atoms with Crippen LogP contribution < -0.4 is 0 Å². The zero-order chi connectivity index (χ0) is 18.0. The molecule has 1 aromatic carbocycles. The average molecular weight is 370 g/mol. The topological polar surface area (TPSA) is 43.7 Å². The summed E-state index contributed by atoms with van der Waals surface area (Å²) in [5.74, 6) is 0. The molecule has 1 aromatic heterocycles. The summed E-state index contributed by atoms with van der Waals surface area (Å²) in [5, 5.41) is 2.48. The lowest BCUT2D eigenvalue weighted by Crippen LogP contribution is -2.25. The van der Waals surface area contributed by atoms with E-state index in [0.29, 0.717) is 22.7 Å². The molecule has 1 atom stereocenters. The van der Waals surface area contributed by atoms with Crippen molar-refractivity contribution in [2.75, 3.05) is 20.3 Å². The van der Waals surface area contributed by atoms with Gasteiger partial charge in [-0.2, -0.15) is 13.2 Å². The minimum Gasteiger partial charge on any atom is -0.382 e. The smallest absolute Gasteiger partial charge is 0.382 e. The van der Waals surface area contributed by atoms with Gasteiger partial charge in [0.15, 0.2) is 6.10 Å². The fourth-order valence-electron chi connectivity index (χ4n) is 2.79. The van der Waals surface area contributed by atoms with Crippen LogP contribution in [0.15, 0.2) is 28.7 Å². The Balaban J connectivity index is 2.05. The minimum absolute atomic E-state index is 0.0333. The van der Waals surface area contributed by atoms with Crippen molar-refractivity contribution in [1.29, 1.82) is 0 Å². The molecule has 3 rings (SSSR count). The van der Waals surface area contributed by atoms with E-state index < -0.39 is 12.3 Å². The summed E-state index contributed by atoms with van der Waals surface area (Å²) in [6, 6.07) is 2.99. The molecule has 0 spiro atoms. The van der Waals surface area contributed by atoms with Gasteiger partial charge >= 0.3 is 6.18 Å². The predicted molar refractivity (Wildman–Crippen MR) is 90.6 cm³/mol. The van der Waals surface area contributed by atoms with Crippen LogP contribution in [0.3, 0.4) is 0 Å². The molecule has 0 saturated carbocycles. The van der Waals surface area contributed by atoms with E-state index in [1.807, 2.05) is 6.92 Å². The third-order valence-electron chi connectivity index (χ3n) is 3.83. The highest BCUT2D eigenvalue weighted by Gasteiger charge is 2.42. The third kappa shape index (κ3) is 3.91. The van der Waals surface area contributed by atoms with Crippen LogP contribution in [0.1, 0.15) is 24.2 Å². The Hall–Kier alpha value is -1.77. The zero-order valence-electron chi connectivity index (χ0n) is 13.8. The standard InChI is InChI=1S/C17H17F3N2O2S/c1-10-7-12-13(16-21-3-6-25-16)8-11(9-14(12)22-10)15(17(18,19)20)24-5-4-23-2/h3,6,8-9,15H,4-5,7H2,1-2H3. The molecule has 0 fully saturated rings. The van der Waals surface area contributed by atoms with Gasteiger partial charge in [0, 0.05) is 36.4 Å². The van der Waals surface area contributed by atoms with Crippen LogP contribution in [-0.4, -0.2) is 37.2 Å². The van der Waals surface area contributed by atoms with Gasteiger partial charge in [-0.3, -0.25) is 4.99 Å². The first-order chi connectivity index (χ1) is 11.9. The molecule has 1 unspecified atom stereocenters. The van der Waals surface area contributed by atoms with E-state index >= 15 is 0 Å². The van der Waals surface area contributed by atoms with E-state index in [1.54, 1.807) is 11.6 Å². The largest absolute Gasteiger partial charge is 0.418 e. The van der Waals surface area contributed by atoms with Crippen molar-refractivity contribution in [2.45, 2.75) is 25.6 Å². The number of halogens is 3. The van der Waals surface area contributed by atoms with Crippen molar-refractivity contribution in [3.05, 3.63) is 34.8 Å². The molecule has 8 heteroatoms. The van der Waals surface area contributed by atoms with Crippen molar-refractivity contribution in [3.63, 3.8) is 0 Å². The molecule has 0 amide bonds. The van der Waals surface area contributed by atoms with Gasteiger partial charge in [-0.25, -0.2) is 4.98 Å². The summed E-state index contributed by atoms with van der Waals surface area (Å²) in [7, 11) is 1.42. The number of alkyl halides is 3. The van der Waals surface area contributed by atoms with Crippen LogP contribution in [0.25, 0.3) is 10.6 Å². The summed E-state index contributed by atoms with van der Waals surface area (Å²) < 4.78 is 50.4. The van der Waals surface area contributed by atoms with Gasteiger partial charge in [-0.15, -0.1) is 11.3 Å². The monoisotopic (exact) mass is 370 g/mol. The van der Waals surface area contributed by atoms with Crippen molar-refractivity contribution < 1.29 is 22.6 Å². The number of benzene rings is 1. The second-order valence-corrected chi connectivity index (χ2v) is 6.61. The van der Waals surface area contributed by atoms with Crippen molar-refractivity contribution >= 4 is 22.7 Å². The molecule has 25 heavy (non-hydrogen) atoms. The number of methoxy groups -OCH3 is 1. The lowest BCUT2D eigenvalue weighted by Gasteiger charge is -2.22. The fraction of sp³-hybridized carbons (Fsp3) is 0.412. The summed E-state index contributed by atoms with van der Waals surface area (Å²) in [6.45, 7) is 1.81. The first-order valence-corrected chi connectivity index (χ1v) is 8.56. The number of aromatic nitrogens is 1. The van der Waals surface area contributed by atoms with Gasteiger partial charge in [-0.1, -0.05) is 0 Å². The van der Waals surface area contributed by atoms with Gasteiger partial charge in [0.05, 0.1) is 18.9 Å². The fourth-order valence-corrected chi connectivity index (χ4v) is 3.47. The van der Waals surface area contributed by atoms with E-state index in [4.69, 9.17) is 9.47 Å². The number of aliphatic imine (C=N–C) groups is 1. The molecule has 4 nitrogen and oxygen atoms in total. The molecule has 0 aliphatic carbocycles. The first kappa shape index (κ1) is 18.0. The van der Waals surface area contributed by atoms with Gasteiger partial charge in [-0.05, 0) is 30.2 Å². The number of rotatable bonds is 6. The lowest BCUT2D eigenvalue weighted by atomic mass is 9.97.